The number of nitrogen functional groups attached to an aromatic ring is 1. The van der Waals surface area contributed by atoms with Crippen molar-refractivity contribution in [2.24, 2.45) is 0 Å². The normalized spacial score (nSPS) is 9.40. The van der Waals surface area contributed by atoms with Crippen LogP contribution in [0.5, 0.6) is 5.75 Å². The van der Waals surface area contributed by atoms with Gasteiger partial charge in [0.15, 0.2) is 6.61 Å². The highest BCUT2D eigenvalue weighted by atomic mass is 16.5. The Hall–Kier alpha value is -2.75. The third kappa shape index (κ3) is 4.17. The molecule has 0 saturated carbocycles. The van der Waals surface area contributed by atoms with Crippen molar-refractivity contribution in [3.63, 3.8) is 0 Å². The molecule has 0 saturated heterocycles. The maximum Gasteiger partial charge on any atom is 0.340 e. The molecular formula is C13H15N3O4. The van der Waals surface area contributed by atoms with Gasteiger partial charge < -0.3 is 20.5 Å². The summed E-state index contributed by atoms with van der Waals surface area (Å²) in [5.74, 6) is -0.829. The molecule has 1 aromatic carbocycles. The fraction of sp³-hybridized carbons (Fsp3) is 0.308. The molecule has 1 amide bonds. The Morgan fingerprint density at radius 3 is 2.85 bits per heavy atom. The van der Waals surface area contributed by atoms with Crippen molar-refractivity contribution < 1.29 is 19.1 Å². The van der Waals surface area contributed by atoms with Crippen LogP contribution in [0.1, 0.15) is 16.8 Å². The third-order valence-electron chi connectivity index (χ3n) is 2.40. The number of hydrogen-bond donors (Lipinski definition) is 2. The first-order valence-electron chi connectivity index (χ1n) is 5.83. The minimum atomic E-state index is -0.711. The zero-order valence-electron chi connectivity index (χ0n) is 11.0. The van der Waals surface area contributed by atoms with Crippen molar-refractivity contribution in [1.29, 1.82) is 5.26 Å². The summed E-state index contributed by atoms with van der Waals surface area (Å²) < 4.78 is 9.82. The molecule has 0 radical (unpaired) electrons. The zero-order chi connectivity index (χ0) is 15.0. The second kappa shape index (κ2) is 7.63. The smallest absolute Gasteiger partial charge is 0.340 e. The number of benzene rings is 1. The predicted molar refractivity (Wildman–Crippen MR) is 70.9 cm³/mol. The Bertz CT molecular complexity index is 537. The van der Waals surface area contributed by atoms with Crippen LogP contribution in [-0.2, 0) is 9.53 Å². The lowest BCUT2D eigenvalue weighted by Crippen LogP contribution is -2.29. The number of amides is 1. The fourth-order valence-corrected chi connectivity index (χ4v) is 1.42. The molecule has 1 aromatic rings. The number of rotatable bonds is 6. The lowest BCUT2D eigenvalue weighted by atomic mass is 10.1. The number of ether oxygens (including phenoxy) is 2. The number of nitrogens with two attached hydrogens (primary N) is 1. The molecule has 0 aliphatic heterocycles. The second-order valence-corrected chi connectivity index (χ2v) is 3.76. The molecule has 3 N–H and O–H groups in total. The van der Waals surface area contributed by atoms with Gasteiger partial charge in [-0.2, -0.15) is 5.26 Å². The van der Waals surface area contributed by atoms with Gasteiger partial charge in [-0.15, -0.1) is 0 Å². The molecule has 0 aliphatic carbocycles. The molecule has 0 heterocycles. The average molecular weight is 277 g/mol. The van der Waals surface area contributed by atoms with E-state index in [9.17, 15) is 9.59 Å². The zero-order valence-corrected chi connectivity index (χ0v) is 11.0. The largest absolute Gasteiger partial charge is 0.495 e. The molecule has 0 aliphatic rings. The predicted octanol–water partition coefficient (Wildman–Crippen LogP) is 0.464. The quantitative estimate of drug-likeness (QED) is 0.443. The van der Waals surface area contributed by atoms with Gasteiger partial charge >= 0.3 is 5.97 Å². The summed E-state index contributed by atoms with van der Waals surface area (Å²) in [5.41, 5.74) is 6.03. The van der Waals surface area contributed by atoms with Crippen molar-refractivity contribution in [3.8, 4) is 11.8 Å². The van der Waals surface area contributed by atoms with Gasteiger partial charge in [-0.1, -0.05) is 6.07 Å². The Morgan fingerprint density at radius 2 is 2.20 bits per heavy atom. The van der Waals surface area contributed by atoms with E-state index in [-0.39, 0.29) is 24.2 Å². The van der Waals surface area contributed by atoms with Crippen molar-refractivity contribution in [3.05, 3.63) is 23.8 Å². The van der Waals surface area contributed by atoms with Crippen molar-refractivity contribution in [1.82, 2.24) is 5.32 Å². The van der Waals surface area contributed by atoms with E-state index in [2.05, 4.69) is 5.32 Å². The number of para-hydroxylation sites is 1. The summed E-state index contributed by atoms with van der Waals surface area (Å²) in [6.07, 6.45) is 0.197. The van der Waals surface area contributed by atoms with Crippen LogP contribution in [0, 0.1) is 11.3 Å². The van der Waals surface area contributed by atoms with Gasteiger partial charge in [-0.25, -0.2) is 4.79 Å². The monoisotopic (exact) mass is 277 g/mol. The van der Waals surface area contributed by atoms with Gasteiger partial charge in [-0.05, 0) is 12.1 Å². The van der Waals surface area contributed by atoms with Crippen LogP contribution in [0.4, 0.5) is 5.69 Å². The number of carbonyl (C=O) groups is 2. The molecule has 0 fully saturated rings. The van der Waals surface area contributed by atoms with Crippen LogP contribution >= 0.6 is 0 Å². The number of nitrogens with zero attached hydrogens (tertiary/aromatic N) is 1. The number of esters is 1. The molecule has 0 spiro atoms. The van der Waals surface area contributed by atoms with Crippen molar-refractivity contribution in [2.45, 2.75) is 6.42 Å². The Kier molecular flexibility index (Phi) is 5.84. The van der Waals surface area contributed by atoms with Gasteiger partial charge in [0.25, 0.3) is 5.91 Å². The van der Waals surface area contributed by atoms with E-state index in [0.717, 1.165) is 0 Å². The summed E-state index contributed by atoms with van der Waals surface area (Å²) in [5, 5.41) is 10.7. The number of nitriles is 1. The van der Waals surface area contributed by atoms with Crippen molar-refractivity contribution in [2.75, 3.05) is 26.0 Å². The average Bonchev–Trinajstić information content (AvgIpc) is 2.45. The van der Waals surface area contributed by atoms with Crippen LogP contribution in [0.25, 0.3) is 0 Å². The fourth-order valence-electron chi connectivity index (χ4n) is 1.42. The summed E-state index contributed by atoms with van der Waals surface area (Å²) in [6, 6.07) is 6.57. The van der Waals surface area contributed by atoms with Gasteiger partial charge in [0.1, 0.15) is 5.75 Å². The van der Waals surface area contributed by atoms with E-state index in [0.29, 0.717) is 5.75 Å². The topological polar surface area (TPSA) is 114 Å². The molecule has 0 atom stereocenters. The standard InChI is InChI=1S/C13H15N3O4/c1-19-10-5-2-4-9(12(10)15)13(18)20-8-11(17)16-7-3-6-14/h2,4-5H,3,7-8,15H2,1H3,(H,16,17). The van der Waals surface area contributed by atoms with Gasteiger partial charge in [0.05, 0.1) is 30.9 Å². The molecule has 7 heteroatoms. The molecule has 0 unspecified atom stereocenters. The highest BCUT2D eigenvalue weighted by Gasteiger charge is 2.15. The van der Waals surface area contributed by atoms with E-state index in [1.165, 1.54) is 13.2 Å². The van der Waals surface area contributed by atoms with Gasteiger partial charge in [0, 0.05) is 6.54 Å². The van der Waals surface area contributed by atoms with E-state index in [4.69, 9.17) is 20.5 Å². The van der Waals surface area contributed by atoms with E-state index in [1.54, 1.807) is 12.1 Å². The third-order valence-corrected chi connectivity index (χ3v) is 2.40. The van der Waals surface area contributed by atoms with Gasteiger partial charge in [0.2, 0.25) is 0 Å². The Balaban J connectivity index is 2.55. The minimum Gasteiger partial charge on any atom is -0.495 e. The lowest BCUT2D eigenvalue weighted by molar-refractivity contribution is -0.124. The number of carbonyl (C=O) groups excluding carboxylic acids is 2. The maximum atomic E-state index is 11.8. The van der Waals surface area contributed by atoms with Crippen LogP contribution in [0.2, 0.25) is 0 Å². The highest BCUT2D eigenvalue weighted by Crippen LogP contribution is 2.25. The van der Waals surface area contributed by atoms with Gasteiger partial charge in [-0.3, -0.25) is 4.79 Å². The first-order valence-corrected chi connectivity index (χ1v) is 5.83. The molecule has 7 nitrogen and oxygen atoms in total. The molecule has 1 rings (SSSR count). The van der Waals surface area contributed by atoms with Crippen molar-refractivity contribution >= 4 is 17.6 Å². The SMILES string of the molecule is COc1cccc(C(=O)OCC(=O)NCCC#N)c1N. The Labute approximate surface area is 116 Å². The second-order valence-electron chi connectivity index (χ2n) is 3.76. The summed E-state index contributed by atoms with van der Waals surface area (Å²) in [6.45, 7) is -0.213. The number of nitrogens with one attached hydrogen (secondary N) is 1. The Morgan fingerprint density at radius 1 is 1.45 bits per heavy atom. The van der Waals surface area contributed by atoms with E-state index in [1.807, 2.05) is 6.07 Å². The number of hydrogen-bond acceptors (Lipinski definition) is 6. The maximum absolute atomic E-state index is 11.8. The lowest BCUT2D eigenvalue weighted by Gasteiger charge is -2.09. The van der Waals surface area contributed by atoms with Crippen LogP contribution in [0.3, 0.4) is 0 Å². The highest BCUT2D eigenvalue weighted by molar-refractivity contribution is 5.97. The van der Waals surface area contributed by atoms with Crippen LogP contribution in [0.15, 0.2) is 18.2 Å². The minimum absolute atomic E-state index is 0.133. The first-order chi connectivity index (χ1) is 9.60. The van der Waals surface area contributed by atoms with Crippen LogP contribution < -0.4 is 15.8 Å². The number of anilines is 1. The molecule has 106 valence electrons. The summed E-state index contributed by atoms with van der Waals surface area (Å²) >= 11 is 0. The first kappa shape index (κ1) is 15.3. The molecular weight excluding hydrogens is 262 g/mol. The molecule has 0 aromatic heterocycles. The molecule has 20 heavy (non-hydrogen) atoms. The number of methoxy groups -OCH3 is 1. The summed E-state index contributed by atoms with van der Waals surface area (Å²) in [7, 11) is 1.43. The van der Waals surface area contributed by atoms with E-state index >= 15 is 0 Å². The van der Waals surface area contributed by atoms with E-state index < -0.39 is 18.5 Å². The van der Waals surface area contributed by atoms with Crippen LogP contribution in [-0.4, -0.2) is 32.1 Å². The molecule has 0 bridgehead atoms. The summed E-state index contributed by atoms with van der Waals surface area (Å²) in [4.78, 5) is 23.1.